The molecule has 2 aromatic heterocycles. The van der Waals surface area contributed by atoms with Gasteiger partial charge in [0.1, 0.15) is 0 Å². The third-order valence-electron chi connectivity index (χ3n) is 7.69. The Kier molecular flexibility index (Phi) is 10.3. The topological polar surface area (TPSA) is 192 Å². The van der Waals surface area contributed by atoms with Crippen molar-refractivity contribution in [2.24, 2.45) is 5.73 Å². The predicted octanol–water partition coefficient (Wildman–Crippen LogP) is 4.74. The zero-order valence-electron chi connectivity index (χ0n) is 25.8. The van der Waals surface area contributed by atoms with Gasteiger partial charge in [-0.2, -0.15) is 23.0 Å². The van der Waals surface area contributed by atoms with Crippen LogP contribution in [0.25, 0.3) is 27.7 Å². The number of aromatic nitrogens is 5. The number of aryl methyl sites for hydroxylation is 1. The largest absolute Gasteiger partial charge is 0.741 e. The van der Waals surface area contributed by atoms with E-state index in [0.29, 0.717) is 23.5 Å². The molecule has 50 heavy (non-hydrogen) atoms. The number of carbonyl (C=O) groups excluding carboxylic acids is 2. The van der Waals surface area contributed by atoms with Crippen LogP contribution in [0.2, 0.25) is 0 Å². The number of pyridine rings is 1. The van der Waals surface area contributed by atoms with E-state index in [0.717, 1.165) is 42.1 Å². The van der Waals surface area contributed by atoms with Crippen molar-refractivity contribution in [3.05, 3.63) is 88.3 Å². The fourth-order valence-electron chi connectivity index (χ4n) is 5.59. The number of nitrogens with zero attached hydrogens (tertiary/aromatic N) is 4. The Morgan fingerprint density at radius 3 is 2.46 bits per heavy atom. The lowest BCUT2D eigenvalue weighted by Crippen LogP contribution is -2.41. The molecule has 13 nitrogen and oxygen atoms in total. The Labute approximate surface area is 288 Å². The third-order valence-corrected chi connectivity index (χ3v) is 8.52. The fraction of sp³-hybridized carbons (Fsp3) is 0.188. The van der Waals surface area contributed by atoms with Crippen molar-refractivity contribution < 1.29 is 40.3 Å². The molecule has 0 fully saturated rings. The van der Waals surface area contributed by atoms with Crippen LogP contribution in [0.5, 0.6) is 0 Å². The highest BCUT2D eigenvalue weighted by Crippen LogP contribution is 2.33. The van der Waals surface area contributed by atoms with Gasteiger partial charge in [0.15, 0.2) is 15.8 Å². The van der Waals surface area contributed by atoms with Crippen molar-refractivity contribution in [3.63, 3.8) is 0 Å². The lowest BCUT2D eigenvalue weighted by atomic mass is 9.94. The van der Waals surface area contributed by atoms with E-state index in [-0.39, 0.29) is 16.0 Å². The number of anilines is 2. The maximum Gasteiger partial charge on any atom is 0.485 e. The number of rotatable bonds is 6. The lowest BCUT2D eigenvalue weighted by Gasteiger charge is -2.17. The maximum atomic E-state index is 13.7. The predicted molar refractivity (Wildman–Crippen MR) is 179 cm³/mol. The van der Waals surface area contributed by atoms with E-state index in [4.69, 9.17) is 37.3 Å². The van der Waals surface area contributed by atoms with Crippen LogP contribution in [-0.2, 0) is 29.5 Å². The van der Waals surface area contributed by atoms with Gasteiger partial charge in [-0.3, -0.25) is 4.79 Å². The van der Waals surface area contributed by atoms with E-state index < -0.39 is 27.6 Å². The number of tetrazole rings is 1. The van der Waals surface area contributed by atoms with Gasteiger partial charge in [0.2, 0.25) is 16.8 Å². The number of amides is 3. The zero-order valence-corrected chi connectivity index (χ0v) is 27.5. The molecule has 0 saturated carbocycles. The number of aromatic amines is 1. The summed E-state index contributed by atoms with van der Waals surface area (Å²) in [6.45, 7) is 0.491. The molecule has 0 saturated heterocycles. The van der Waals surface area contributed by atoms with Gasteiger partial charge in [0.05, 0.1) is 16.9 Å². The van der Waals surface area contributed by atoms with Crippen molar-refractivity contribution in [2.75, 3.05) is 10.6 Å². The molecule has 5 aromatic rings. The number of para-hydroxylation sites is 1. The summed E-state index contributed by atoms with van der Waals surface area (Å²) in [4.78, 5) is 25.7. The highest BCUT2D eigenvalue weighted by atomic mass is 32.2. The second-order valence-electron chi connectivity index (χ2n) is 10.9. The molecule has 3 amide bonds. The number of fused-ring (bicyclic) bond motifs is 2. The number of H-pyrrole nitrogens is 1. The van der Waals surface area contributed by atoms with Crippen molar-refractivity contribution in [3.8, 4) is 29.2 Å². The van der Waals surface area contributed by atoms with Crippen LogP contribution in [0.4, 0.5) is 29.3 Å². The molecule has 1 aliphatic carbocycles. The summed E-state index contributed by atoms with van der Waals surface area (Å²) in [5, 5.41) is 16.9. The third kappa shape index (κ3) is 7.80. The molecule has 0 spiro atoms. The number of hydrogen-bond acceptors (Lipinski definition) is 8. The van der Waals surface area contributed by atoms with Crippen LogP contribution in [0.3, 0.4) is 0 Å². The van der Waals surface area contributed by atoms with Crippen LogP contribution in [-0.4, -0.2) is 50.6 Å². The normalized spacial score (nSPS) is 12.6. The number of halogens is 3. The minimum atomic E-state index is -6.09. The second-order valence-corrected chi connectivity index (χ2v) is 12.7. The van der Waals surface area contributed by atoms with Crippen LogP contribution < -0.4 is 20.9 Å². The highest BCUT2D eigenvalue weighted by molar-refractivity contribution is 7.86. The molecule has 258 valence electrons. The molecular formula is C32H27F3N8O5S2. The average molecular weight is 725 g/mol. The van der Waals surface area contributed by atoms with Crippen LogP contribution >= 0.6 is 12.2 Å². The molecule has 1 aliphatic rings. The monoisotopic (exact) mass is 724 g/mol. The Bertz CT molecular complexity index is 2330. The van der Waals surface area contributed by atoms with E-state index in [1.807, 2.05) is 42.5 Å². The number of hydrogen-bond donors (Lipinski definition) is 4. The molecule has 0 atom stereocenters. The van der Waals surface area contributed by atoms with Crippen LogP contribution in [0.1, 0.15) is 34.5 Å². The molecule has 0 aliphatic heterocycles. The number of carbonyl (C=O) groups is 2. The lowest BCUT2D eigenvalue weighted by molar-refractivity contribution is -0.667. The first-order chi connectivity index (χ1) is 23.7. The number of primary amides is 1. The van der Waals surface area contributed by atoms with Crippen LogP contribution in [0.15, 0.2) is 66.7 Å². The smallest absolute Gasteiger partial charge is 0.485 e. The van der Waals surface area contributed by atoms with Crippen molar-refractivity contribution in [1.82, 2.24) is 20.2 Å². The van der Waals surface area contributed by atoms with Gasteiger partial charge in [0, 0.05) is 34.7 Å². The first-order valence-corrected chi connectivity index (χ1v) is 16.6. The zero-order chi connectivity index (χ0) is 36.2. The van der Waals surface area contributed by atoms with E-state index in [9.17, 15) is 22.8 Å². The van der Waals surface area contributed by atoms with Crippen molar-refractivity contribution in [1.29, 1.82) is 0 Å². The first kappa shape index (κ1) is 35.7. The summed E-state index contributed by atoms with van der Waals surface area (Å²) in [7, 11) is -6.09. The molecule has 2 heterocycles. The summed E-state index contributed by atoms with van der Waals surface area (Å²) in [5.74, 6) is 2.39. The quantitative estimate of drug-likeness (QED) is 0.0635. The molecule has 6 rings (SSSR count). The Balaban J connectivity index is 0.000000544. The molecule has 0 radical (unpaired) electrons. The van der Waals surface area contributed by atoms with Crippen molar-refractivity contribution >= 4 is 56.6 Å². The van der Waals surface area contributed by atoms with Gasteiger partial charge in [-0.1, -0.05) is 34.6 Å². The first-order valence-electron chi connectivity index (χ1n) is 14.7. The molecule has 5 N–H and O–H groups in total. The van der Waals surface area contributed by atoms with E-state index >= 15 is 0 Å². The number of benzene rings is 3. The summed E-state index contributed by atoms with van der Waals surface area (Å²) < 4.78 is 62.9. The number of terminal acetylenes is 1. The van der Waals surface area contributed by atoms with Gasteiger partial charge in [-0.05, 0) is 79.4 Å². The van der Waals surface area contributed by atoms with Crippen molar-refractivity contribution in [2.45, 2.75) is 37.7 Å². The summed E-state index contributed by atoms with van der Waals surface area (Å²) in [5.41, 5.74) is 6.66. The maximum absolute atomic E-state index is 13.7. The number of nitrogens with two attached hydrogens (primary N) is 1. The van der Waals surface area contributed by atoms with E-state index in [1.54, 1.807) is 22.9 Å². The van der Waals surface area contributed by atoms with Gasteiger partial charge in [-0.15, -0.1) is 6.42 Å². The summed E-state index contributed by atoms with van der Waals surface area (Å²) in [6.07, 6.45) is 10.0. The number of urea groups is 1. The van der Waals surface area contributed by atoms with Gasteiger partial charge < -0.3 is 20.9 Å². The minimum absolute atomic E-state index is 0.254. The molecular weight excluding hydrogens is 698 g/mol. The van der Waals surface area contributed by atoms with E-state index in [1.165, 1.54) is 11.3 Å². The van der Waals surface area contributed by atoms with E-state index in [2.05, 4.69) is 42.7 Å². The average Bonchev–Trinajstić information content (AvgIpc) is 3.49. The Morgan fingerprint density at radius 2 is 1.80 bits per heavy atom. The summed E-state index contributed by atoms with van der Waals surface area (Å²) >= 11 is 5.23. The van der Waals surface area contributed by atoms with Crippen LogP contribution in [0, 0.1) is 17.1 Å². The molecule has 3 aromatic carbocycles. The van der Waals surface area contributed by atoms with Gasteiger partial charge in [0.25, 0.3) is 5.91 Å². The van der Waals surface area contributed by atoms with Gasteiger partial charge in [-0.25, -0.2) is 17.9 Å². The fourth-order valence-corrected chi connectivity index (χ4v) is 5.78. The Hall–Kier alpha value is -5.64. The second kappa shape index (κ2) is 14.5. The SMILES string of the molecule is C#CC[n+]1c2c(cc3cc(NC(=O)c4cccc(-c5cccc(-n6[nH]nnc6=S)c5)c4NC(N)=O)ccc31)CCCC2.O=S(=O)([O-])C(F)(F)F. The summed E-state index contributed by atoms with van der Waals surface area (Å²) in [6, 6.07) is 19.8. The number of nitrogens with one attached hydrogen (secondary N) is 3. The Morgan fingerprint density at radius 1 is 1.08 bits per heavy atom. The highest BCUT2D eigenvalue weighted by Gasteiger charge is 2.37. The standard InChI is InChI=1S/C31H26N8O2S.CHF3O3S/c1-2-15-38-26-12-4-3-7-20(26)16-21-17-22(13-14-27(21)38)33-29(40)25-11-6-10-24(28(25)34-30(32)41)19-8-5-9-23(18-19)39-31(42)35-36-37-39;2-1(3,4)8(5,6)7/h1,5-6,8-11,13-14,16-18H,3-4,7,12,15H2,(H4-,32,33,34,35,37,40,41,42);(H,5,6,7). The number of alkyl halides is 3. The minimum Gasteiger partial charge on any atom is -0.741 e. The molecule has 0 bridgehead atoms. The molecule has 18 heteroatoms. The van der Waals surface area contributed by atoms with Gasteiger partial charge >= 0.3 is 11.5 Å². The molecule has 0 unspecified atom stereocenters.